The lowest BCUT2D eigenvalue weighted by Gasteiger charge is -2.20. The third-order valence-electron chi connectivity index (χ3n) is 5.87. The highest BCUT2D eigenvalue weighted by molar-refractivity contribution is 5.98. The van der Waals surface area contributed by atoms with E-state index in [-0.39, 0.29) is 17.1 Å². The average Bonchev–Trinajstić information content (AvgIpc) is 3.31. The molecule has 1 atom stereocenters. The van der Waals surface area contributed by atoms with Gasteiger partial charge in [-0.2, -0.15) is 4.68 Å². The number of nitrogens with one attached hydrogen (secondary N) is 3. The Morgan fingerprint density at radius 2 is 1.85 bits per heavy atom. The first-order valence-corrected chi connectivity index (χ1v) is 11.8. The van der Waals surface area contributed by atoms with E-state index in [0.29, 0.717) is 28.7 Å². The predicted molar refractivity (Wildman–Crippen MR) is 148 cm³/mol. The van der Waals surface area contributed by atoms with E-state index in [2.05, 4.69) is 22.0 Å². The Labute approximate surface area is 224 Å². The molecule has 0 aliphatic rings. The molecule has 0 amide bonds. The summed E-state index contributed by atoms with van der Waals surface area (Å²) < 4.78 is 17.4. The predicted octanol–water partition coefficient (Wildman–Crippen LogP) is 3.63. The summed E-state index contributed by atoms with van der Waals surface area (Å²) in [5, 5.41) is 15.7. The second-order valence-corrected chi connectivity index (χ2v) is 8.40. The lowest BCUT2D eigenvalue weighted by molar-refractivity contribution is -0.131. The number of anilines is 1. The second-order valence-electron chi connectivity index (χ2n) is 8.40. The van der Waals surface area contributed by atoms with E-state index in [1.54, 1.807) is 61.7 Å². The number of nitrogens with zero attached hydrogens (tertiary/aromatic N) is 2. The number of methoxy groups -OCH3 is 2. The number of hydrogen-bond donors (Lipinski definition) is 4. The van der Waals surface area contributed by atoms with Crippen LogP contribution in [-0.2, 0) is 4.79 Å². The number of nitrogen functional groups attached to an aromatic ring is 1. The first-order chi connectivity index (χ1) is 18.7. The largest absolute Gasteiger partial charge is 0.496 e. The van der Waals surface area contributed by atoms with Crippen LogP contribution in [-0.4, -0.2) is 40.8 Å². The monoisotopic (exact) mass is 528 g/mol. The standard InChI is InChI=1S/C28H28N6O5/c1-5-17-14-18(10-13-22(17)37-3)25(31-19-11-12-20(26(29)30)24(15-19)39-16(2)35)27-32-28(36)34(33-27)21-8-6-7-9-23(21)38-4/h5-15,25,31H,1H2,2-4H3,(H3,29,30)(H,32,33,36). The van der Waals surface area contributed by atoms with Crippen molar-refractivity contribution in [1.82, 2.24) is 14.8 Å². The molecular formula is C28H28N6O5. The first kappa shape index (κ1) is 26.7. The lowest BCUT2D eigenvalue weighted by Crippen LogP contribution is -2.17. The van der Waals surface area contributed by atoms with Gasteiger partial charge in [0.1, 0.15) is 34.8 Å². The number of carbonyl (C=O) groups is 1. The Balaban J connectivity index is 1.85. The summed E-state index contributed by atoms with van der Waals surface area (Å²) in [6.45, 7) is 5.13. The molecule has 1 aromatic heterocycles. The van der Waals surface area contributed by atoms with Crippen LogP contribution in [0.4, 0.5) is 5.69 Å². The summed E-state index contributed by atoms with van der Waals surface area (Å²) in [6, 6.07) is 16.7. The van der Waals surface area contributed by atoms with Crippen LogP contribution in [0.2, 0.25) is 0 Å². The zero-order valence-electron chi connectivity index (χ0n) is 21.6. The zero-order valence-corrected chi connectivity index (χ0v) is 21.6. The number of aromatic nitrogens is 3. The molecule has 0 aliphatic carbocycles. The summed E-state index contributed by atoms with van der Waals surface area (Å²) >= 11 is 0. The molecule has 3 aromatic carbocycles. The SMILES string of the molecule is C=Cc1cc(C(Nc2ccc(C(=N)N)c(OC(C)=O)c2)c2nn(-c3ccccc3OC)c(=O)[nH]2)ccc1OC. The molecule has 5 N–H and O–H groups in total. The Morgan fingerprint density at radius 3 is 2.51 bits per heavy atom. The molecule has 0 bridgehead atoms. The molecule has 0 aliphatic heterocycles. The number of ether oxygens (including phenoxy) is 3. The number of aromatic amines is 1. The van der Waals surface area contributed by atoms with Crippen LogP contribution in [0.3, 0.4) is 0 Å². The van der Waals surface area contributed by atoms with E-state index >= 15 is 0 Å². The minimum atomic E-state index is -0.674. The quantitative estimate of drug-likeness (QED) is 0.105. The fourth-order valence-corrected chi connectivity index (χ4v) is 4.08. The molecule has 0 saturated heterocycles. The van der Waals surface area contributed by atoms with E-state index < -0.39 is 17.7 Å². The maximum absolute atomic E-state index is 13.0. The minimum absolute atomic E-state index is 0.119. The number of H-pyrrole nitrogens is 1. The minimum Gasteiger partial charge on any atom is -0.496 e. The van der Waals surface area contributed by atoms with Crippen LogP contribution in [0.5, 0.6) is 17.2 Å². The van der Waals surface area contributed by atoms with Gasteiger partial charge in [-0.25, -0.2) is 4.79 Å². The highest BCUT2D eigenvalue weighted by Gasteiger charge is 2.23. The molecule has 0 saturated carbocycles. The molecule has 11 heteroatoms. The van der Waals surface area contributed by atoms with Crippen molar-refractivity contribution in [3.8, 4) is 22.9 Å². The van der Waals surface area contributed by atoms with E-state index in [9.17, 15) is 9.59 Å². The smallest absolute Gasteiger partial charge is 0.348 e. The third kappa shape index (κ3) is 5.67. The van der Waals surface area contributed by atoms with Crippen molar-refractivity contribution < 1.29 is 19.0 Å². The van der Waals surface area contributed by atoms with E-state index in [0.717, 1.165) is 11.1 Å². The molecule has 11 nitrogen and oxygen atoms in total. The number of esters is 1. The third-order valence-corrected chi connectivity index (χ3v) is 5.87. The summed E-state index contributed by atoms with van der Waals surface area (Å²) in [5.74, 6) is 0.718. The van der Waals surface area contributed by atoms with E-state index in [4.69, 9.17) is 25.4 Å². The topological polar surface area (TPSA) is 157 Å². The van der Waals surface area contributed by atoms with E-state index in [1.165, 1.54) is 18.7 Å². The summed E-state index contributed by atoms with van der Waals surface area (Å²) in [6.07, 6.45) is 1.66. The van der Waals surface area contributed by atoms with Gasteiger partial charge in [-0.1, -0.05) is 30.9 Å². The van der Waals surface area contributed by atoms with Crippen LogP contribution < -0.4 is 31.0 Å². The van der Waals surface area contributed by atoms with Gasteiger partial charge in [-0.15, -0.1) is 5.10 Å². The average molecular weight is 529 g/mol. The summed E-state index contributed by atoms with van der Waals surface area (Å²) in [5.41, 5.74) is 7.92. The Morgan fingerprint density at radius 1 is 1.10 bits per heavy atom. The van der Waals surface area contributed by atoms with Crippen LogP contribution in [0.25, 0.3) is 11.8 Å². The second kappa shape index (κ2) is 11.4. The van der Waals surface area contributed by atoms with Crippen molar-refractivity contribution >= 4 is 23.6 Å². The van der Waals surface area contributed by atoms with Crippen molar-refractivity contribution in [1.29, 1.82) is 5.41 Å². The Hall–Kier alpha value is -5.32. The number of rotatable bonds is 10. The van der Waals surface area contributed by atoms with E-state index in [1.807, 2.05) is 12.1 Å². The van der Waals surface area contributed by atoms with Gasteiger partial charge in [0.15, 0.2) is 5.82 Å². The molecule has 200 valence electrons. The van der Waals surface area contributed by atoms with Crippen molar-refractivity contribution in [2.45, 2.75) is 13.0 Å². The number of para-hydroxylation sites is 2. The molecule has 4 rings (SSSR count). The summed E-state index contributed by atoms with van der Waals surface area (Å²) in [4.78, 5) is 27.6. The Bertz CT molecular complexity index is 1610. The van der Waals surface area contributed by atoms with Crippen molar-refractivity contribution in [3.05, 3.63) is 100 Å². The number of nitrogens with two attached hydrogens (primary N) is 1. The maximum Gasteiger partial charge on any atom is 0.348 e. The van der Waals surface area contributed by atoms with Gasteiger partial charge < -0.3 is 25.3 Å². The highest BCUT2D eigenvalue weighted by atomic mass is 16.5. The normalized spacial score (nSPS) is 11.4. The number of amidine groups is 1. The zero-order chi connectivity index (χ0) is 28.1. The maximum atomic E-state index is 13.0. The molecule has 0 fully saturated rings. The first-order valence-electron chi connectivity index (χ1n) is 11.8. The van der Waals surface area contributed by atoms with Crippen molar-refractivity contribution in [2.24, 2.45) is 5.73 Å². The van der Waals surface area contributed by atoms with Gasteiger partial charge in [0.25, 0.3) is 0 Å². The molecule has 4 aromatic rings. The molecule has 1 heterocycles. The fourth-order valence-electron chi connectivity index (χ4n) is 4.08. The highest BCUT2D eigenvalue weighted by Crippen LogP contribution is 2.32. The van der Waals surface area contributed by atoms with Gasteiger partial charge in [0.2, 0.25) is 0 Å². The number of hydrogen-bond acceptors (Lipinski definition) is 8. The van der Waals surface area contributed by atoms with Gasteiger partial charge in [0.05, 0.1) is 19.8 Å². The van der Waals surface area contributed by atoms with Crippen molar-refractivity contribution in [3.63, 3.8) is 0 Å². The van der Waals surface area contributed by atoms with Gasteiger partial charge >= 0.3 is 11.7 Å². The molecular weight excluding hydrogens is 500 g/mol. The van der Waals surface area contributed by atoms with Crippen LogP contribution in [0, 0.1) is 5.41 Å². The molecule has 0 spiro atoms. The Kier molecular flexibility index (Phi) is 7.80. The van der Waals surface area contributed by atoms with Crippen LogP contribution in [0.15, 0.2) is 72.0 Å². The number of carbonyl (C=O) groups excluding carboxylic acids is 1. The van der Waals surface area contributed by atoms with Gasteiger partial charge in [-0.3, -0.25) is 15.2 Å². The number of benzene rings is 3. The fraction of sp³-hybridized carbons (Fsp3) is 0.143. The lowest BCUT2D eigenvalue weighted by atomic mass is 10.0. The van der Waals surface area contributed by atoms with Crippen molar-refractivity contribution in [2.75, 3.05) is 19.5 Å². The molecule has 0 radical (unpaired) electrons. The molecule has 39 heavy (non-hydrogen) atoms. The van der Waals surface area contributed by atoms with Crippen LogP contribution in [0.1, 0.15) is 35.5 Å². The summed E-state index contributed by atoms with van der Waals surface area (Å²) in [7, 11) is 3.08. The van der Waals surface area contributed by atoms with Gasteiger partial charge in [-0.05, 0) is 42.0 Å². The molecule has 1 unspecified atom stereocenters. The van der Waals surface area contributed by atoms with Gasteiger partial charge in [0, 0.05) is 24.2 Å². The van der Waals surface area contributed by atoms with Crippen LogP contribution >= 0.6 is 0 Å².